The van der Waals surface area contributed by atoms with Crippen LogP contribution in [-0.4, -0.2) is 64.1 Å². The molecule has 13 nitrogen and oxygen atoms in total. The first-order valence-electron chi connectivity index (χ1n) is 8.92. The number of nitrogens with zero attached hydrogens (tertiary/aromatic N) is 2. The molecule has 2 aliphatic heterocycles. The number of rotatable bonds is 9. The van der Waals surface area contributed by atoms with Gasteiger partial charge in [0.05, 0.1) is 6.42 Å². The molecule has 2 rings (SSSR count). The number of ether oxygens (including phenoxy) is 1. The second-order valence-corrected chi connectivity index (χ2v) is 6.41. The zero-order chi connectivity index (χ0) is 22.4. The van der Waals surface area contributed by atoms with Crippen molar-refractivity contribution in [2.75, 3.05) is 6.61 Å². The molecule has 2 fully saturated rings. The minimum Gasteiger partial charge on any atom is -0.457 e. The smallest absolute Gasteiger partial charge is 0.347 e. The summed E-state index contributed by atoms with van der Waals surface area (Å²) in [6.45, 7) is 0.342. The van der Waals surface area contributed by atoms with Crippen LogP contribution < -0.4 is 0 Å². The first-order valence-corrected chi connectivity index (χ1v) is 8.92. The topological polar surface area (TPSA) is 171 Å². The molecule has 0 aromatic carbocycles. The summed E-state index contributed by atoms with van der Waals surface area (Å²) in [6.07, 6.45) is -1.23. The van der Waals surface area contributed by atoms with E-state index >= 15 is 0 Å². The van der Waals surface area contributed by atoms with Crippen molar-refractivity contribution in [1.82, 2.24) is 10.1 Å². The summed E-state index contributed by atoms with van der Waals surface area (Å²) in [5.41, 5.74) is 0. The molecule has 0 aliphatic carbocycles. The number of amides is 4. The van der Waals surface area contributed by atoms with E-state index in [0.29, 0.717) is 5.06 Å². The number of hydrogen-bond donors (Lipinski definition) is 0. The Kier molecular flexibility index (Phi) is 7.33. The molecule has 0 spiro atoms. The van der Waals surface area contributed by atoms with Gasteiger partial charge < -0.3 is 14.4 Å². The maximum absolute atomic E-state index is 11.8. The molecule has 0 aromatic heterocycles. The summed E-state index contributed by atoms with van der Waals surface area (Å²) in [7, 11) is 0. The van der Waals surface area contributed by atoms with Crippen molar-refractivity contribution in [3.05, 3.63) is 0 Å². The SMILES string of the molecule is CC(C(=O)OCC(=O)CCC(=O)ON1C(=O)CCC1=O)C(=O)ON1C(=O)CCC1=O. The van der Waals surface area contributed by atoms with Crippen LogP contribution in [0.5, 0.6) is 0 Å². The fourth-order valence-electron chi connectivity index (χ4n) is 2.32. The van der Waals surface area contributed by atoms with Crippen molar-refractivity contribution in [2.45, 2.75) is 45.4 Å². The van der Waals surface area contributed by atoms with E-state index in [4.69, 9.17) is 0 Å². The third kappa shape index (κ3) is 5.68. The molecule has 1 unspecified atom stereocenters. The molecule has 1 atom stereocenters. The summed E-state index contributed by atoms with van der Waals surface area (Å²) in [5, 5.41) is 0.620. The zero-order valence-electron chi connectivity index (χ0n) is 15.9. The van der Waals surface area contributed by atoms with Crippen molar-refractivity contribution < 1.29 is 52.8 Å². The zero-order valence-corrected chi connectivity index (χ0v) is 15.9. The number of carbonyl (C=O) groups excluding carboxylic acids is 8. The Labute approximate surface area is 169 Å². The highest BCUT2D eigenvalue weighted by Crippen LogP contribution is 2.15. The Balaban J connectivity index is 1.69. The lowest BCUT2D eigenvalue weighted by Gasteiger charge is -2.15. The van der Waals surface area contributed by atoms with Gasteiger partial charge in [0.2, 0.25) is 0 Å². The maximum Gasteiger partial charge on any atom is 0.347 e. The molecule has 0 N–H and O–H groups in total. The van der Waals surface area contributed by atoms with Crippen LogP contribution in [0.2, 0.25) is 0 Å². The van der Waals surface area contributed by atoms with E-state index in [-0.39, 0.29) is 30.7 Å². The first-order chi connectivity index (χ1) is 14.1. The highest BCUT2D eigenvalue weighted by Gasteiger charge is 2.36. The van der Waals surface area contributed by atoms with Gasteiger partial charge in [-0.25, -0.2) is 9.59 Å². The molecular formula is C17H18N2O11. The van der Waals surface area contributed by atoms with Gasteiger partial charge in [0, 0.05) is 32.1 Å². The van der Waals surface area contributed by atoms with Crippen molar-refractivity contribution in [2.24, 2.45) is 5.92 Å². The molecule has 2 saturated heterocycles. The van der Waals surface area contributed by atoms with Crippen molar-refractivity contribution in [1.29, 1.82) is 0 Å². The summed E-state index contributed by atoms with van der Waals surface area (Å²) >= 11 is 0. The van der Waals surface area contributed by atoms with E-state index in [1.54, 1.807) is 0 Å². The second kappa shape index (κ2) is 9.71. The van der Waals surface area contributed by atoms with Crippen molar-refractivity contribution >= 4 is 47.3 Å². The quantitative estimate of drug-likeness (QED) is 0.244. The molecule has 30 heavy (non-hydrogen) atoms. The minimum atomic E-state index is -1.52. The van der Waals surface area contributed by atoms with Crippen LogP contribution in [0, 0.1) is 5.92 Å². The lowest BCUT2D eigenvalue weighted by atomic mass is 10.2. The highest BCUT2D eigenvalue weighted by atomic mass is 16.7. The van der Waals surface area contributed by atoms with E-state index in [2.05, 4.69) is 14.4 Å². The summed E-state index contributed by atoms with van der Waals surface area (Å²) in [4.78, 5) is 102. The average molecular weight is 426 g/mol. The van der Waals surface area contributed by atoms with Crippen LogP contribution >= 0.6 is 0 Å². The Morgan fingerprint density at radius 3 is 1.73 bits per heavy atom. The van der Waals surface area contributed by atoms with Crippen molar-refractivity contribution in [3.8, 4) is 0 Å². The van der Waals surface area contributed by atoms with Gasteiger partial charge in [-0.05, 0) is 6.92 Å². The van der Waals surface area contributed by atoms with Crippen LogP contribution in [0.25, 0.3) is 0 Å². The van der Waals surface area contributed by atoms with Crippen LogP contribution in [0.3, 0.4) is 0 Å². The van der Waals surface area contributed by atoms with Gasteiger partial charge in [-0.2, -0.15) is 0 Å². The standard InChI is InChI=1S/C17H18N2O11/c1-9(17(27)30-19-13(23)5-6-14(19)24)16(26)28-8-10(20)2-7-15(25)29-18-11(21)3-4-12(18)22/h9H,2-8H2,1H3. The lowest BCUT2D eigenvalue weighted by Crippen LogP contribution is -2.36. The van der Waals surface area contributed by atoms with E-state index in [1.807, 2.05) is 0 Å². The number of carbonyl (C=O) groups is 8. The predicted octanol–water partition coefficient (Wildman–Crippen LogP) is -1.27. The number of Topliss-reactive ketones (excluding diaryl/α,β-unsaturated/α-hetero) is 1. The Morgan fingerprint density at radius 1 is 0.767 bits per heavy atom. The van der Waals surface area contributed by atoms with Crippen LogP contribution in [0.1, 0.15) is 45.4 Å². The van der Waals surface area contributed by atoms with E-state index < -0.39 is 72.7 Å². The van der Waals surface area contributed by atoms with Gasteiger partial charge in [0.15, 0.2) is 11.7 Å². The molecule has 0 radical (unpaired) electrons. The Morgan fingerprint density at radius 2 is 1.23 bits per heavy atom. The molecule has 0 saturated carbocycles. The van der Waals surface area contributed by atoms with Crippen molar-refractivity contribution in [3.63, 3.8) is 0 Å². The summed E-state index contributed by atoms with van der Waals surface area (Å²) in [5.74, 6) is -8.29. The van der Waals surface area contributed by atoms with Gasteiger partial charge in [-0.1, -0.05) is 0 Å². The molecule has 13 heteroatoms. The second-order valence-electron chi connectivity index (χ2n) is 6.41. The largest absolute Gasteiger partial charge is 0.457 e. The van der Waals surface area contributed by atoms with Gasteiger partial charge in [0.25, 0.3) is 23.6 Å². The Hall–Kier alpha value is -3.64. The summed E-state index contributed by atoms with van der Waals surface area (Å²) < 4.78 is 4.66. The van der Waals surface area contributed by atoms with E-state index in [9.17, 15) is 38.4 Å². The molecule has 2 heterocycles. The molecule has 0 aromatic rings. The number of hydroxylamine groups is 4. The number of imide groups is 2. The molecule has 4 amide bonds. The van der Waals surface area contributed by atoms with E-state index in [0.717, 1.165) is 6.92 Å². The molecule has 162 valence electrons. The van der Waals surface area contributed by atoms with Crippen LogP contribution in [0.15, 0.2) is 0 Å². The van der Waals surface area contributed by atoms with Gasteiger partial charge in [-0.15, -0.1) is 10.1 Å². The monoisotopic (exact) mass is 426 g/mol. The normalized spacial score (nSPS) is 17.2. The first kappa shape index (κ1) is 22.6. The third-order valence-electron chi connectivity index (χ3n) is 4.08. The fourth-order valence-corrected chi connectivity index (χ4v) is 2.32. The van der Waals surface area contributed by atoms with Gasteiger partial charge >= 0.3 is 17.9 Å². The molecule has 2 aliphatic rings. The van der Waals surface area contributed by atoms with Crippen LogP contribution in [0.4, 0.5) is 0 Å². The fraction of sp³-hybridized carbons (Fsp3) is 0.529. The maximum atomic E-state index is 11.8. The average Bonchev–Trinajstić information content (AvgIpc) is 3.19. The van der Waals surface area contributed by atoms with Gasteiger partial charge in [-0.3, -0.25) is 28.8 Å². The number of hydrogen-bond acceptors (Lipinski definition) is 11. The van der Waals surface area contributed by atoms with Crippen LogP contribution in [-0.2, 0) is 52.8 Å². The van der Waals surface area contributed by atoms with E-state index in [1.165, 1.54) is 0 Å². The number of esters is 1. The minimum absolute atomic E-state index is 0.0678. The number of ketones is 1. The van der Waals surface area contributed by atoms with Gasteiger partial charge in [0.1, 0.15) is 6.61 Å². The highest BCUT2D eigenvalue weighted by molar-refractivity contribution is 6.03. The predicted molar refractivity (Wildman–Crippen MR) is 88.7 cm³/mol. The lowest BCUT2D eigenvalue weighted by molar-refractivity contribution is -0.202. The molecular weight excluding hydrogens is 408 g/mol. The third-order valence-corrected chi connectivity index (χ3v) is 4.08. The summed E-state index contributed by atoms with van der Waals surface area (Å²) in [6, 6.07) is 0. The Bertz CT molecular complexity index is 787. The molecule has 0 bridgehead atoms.